The van der Waals surface area contributed by atoms with E-state index in [2.05, 4.69) is 19.5 Å². The first-order valence-electron chi connectivity index (χ1n) is 3.77. The minimum absolute atomic E-state index is 0.145. The van der Waals surface area contributed by atoms with Gasteiger partial charge in [-0.2, -0.15) is 0 Å². The van der Waals surface area contributed by atoms with Crippen molar-refractivity contribution in [2.24, 2.45) is 10.9 Å². The Balaban J connectivity index is 3.51. The van der Waals surface area contributed by atoms with E-state index in [0.717, 1.165) is 0 Å². The molecule has 0 saturated carbocycles. The van der Waals surface area contributed by atoms with E-state index in [9.17, 15) is 4.79 Å². The quantitative estimate of drug-likeness (QED) is 0.219. The van der Waals surface area contributed by atoms with E-state index in [1.165, 1.54) is 7.11 Å². The lowest BCUT2D eigenvalue weighted by Crippen LogP contribution is -2.13. The Morgan fingerprint density at radius 3 is 2.69 bits per heavy atom. The maximum atomic E-state index is 10.7. The number of carbonyl (C=O) groups is 1. The maximum Gasteiger partial charge on any atom is 0.535 e. The number of carbonyl (C=O) groups excluding carboxylic acids is 1. The van der Waals surface area contributed by atoms with Crippen molar-refractivity contribution < 1.29 is 19.1 Å². The molecule has 6 nitrogen and oxygen atoms in total. The van der Waals surface area contributed by atoms with Gasteiger partial charge < -0.3 is 15.2 Å². The molecule has 0 spiro atoms. The van der Waals surface area contributed by atoms with Gasteiger partial charge in [0.15, 0.2) is 0 Å². The molecule has 0 aliphatic carbocycles. The van der Waals surface area contributed by atoms with Crippen LogP contribution in [0, 0.1) is 0 Å². The first kappa shape index (κ1) is 11.9. The van der Waals surface area contributed by atoms with Gasteiger partial charge in [-0.15, -0.1) is 0 Å². The predicted molar refractivity (Wildman–Crippen MR) is 46.5 cm³/mol. The van der Waals surface area contributed by atoms with Crippen molar-refractivity contribution in [2.75, 3.05) is 26.9 Å². The first-order valence-corrected chi connectivity index (χ1v) is 3.77. The van der Waals surface area contributed by atoms with Crippen LogP contribution in [0.1, 0.15) is 6.92 Å². The molecule has 0 aliphatic heterocycles. The highest BCUT2D eigenvalue weighted by Crippen LogP contribution is 1.87. The Bertz CT molecular complexity index is 181. The van der Waals surface area contributed by atoms with Gasteiger partial charge in [0.25, 0.3) is 0 Å². The monoisotopic (exact) mass is 190 g/mol. The molecule has 0 unspecified atom stereocenters. The fourth-order valence-electron chi connectivity index (χ4n) is 0.387. The van der Waals surface area contributed by atoms with Crippen molar-refractivity contribution >= 4 is 11.9 Å². The van der Waals surface area contributed by atoms with E-state index in [1.807, 2.05) is 0 Å². The van der Waals surface area contributed by atoms with Crippen LogP contribution in [0.5, 0.6) is 0 Å². The van der Waals surface area contributed by atoms with Gasteiger partial charge in [-0.1, -0.05) is 5.16 Å². The minimum atomic E-state index is -0.857. The van der Waals surface area contributed by atoms with E-state index in [-0.39, 0.29) is 13.2 Å². The van der Waals surface area contributed by atoms with Crippen LogP contribution >= 0.6 is 0 Å². The standard InChI is InChI=1S/C7H14N2O4/c1-6(5-8)9-13-7(10)12-4-3-11-2/h3-5,8H2,1-2H3/b9-6+. The topological polar surface area (TPSA) is 83.1 Å². The van der Waals surface area contributed by atoms with Crippen molar-refractivity contribution in [2.45, 2.75) is 6.92 Å². The average molecular weight is 190 g/mol. The zero-order chi connectivity index (χ0) is 10.1. The highest BCUT2D eigenvalue weighted by Gasteiger charge is 2.02. The Labute approximate surface area is 76.6 Å². The third-order valence-corrected chi connectivity index (χ3v) is 1.08. The summed E-state index contributed by atoms with van der Waals surface area (Å²) < 4.78 is 9.19. The first-order chi connectivity index (χ1) is 6.20. The second-order valence-electron chi connectivity index (χ2n) is 2.21. The normalized spacial score (nSPS) is 11.2. The number of oxime groups is 1. The Hall–Kier alpha value is -1.14. The summed E-state index contributed by atoms with van der Waals surface area (Å²) in [6.45, 7) is 2.36. The number of hydrogen-bond acceptors (Lipinski definition) is 6. The zero-order valence-corrected chi connectivity index (χ0v) is 7.78. The molecule has 0 amide bonds. The molecule has 2 N–H and O–H groups in total. The van der Waals surface area contributed by atoms with Crippen molar-refractivity contribution in [3.8, 4) is 0 Å². The predicted octanol–water partition coefficient (Wildman–Crippen LogP) is 0.121. The highest BCUT2D eigenvalue weighted by molar-refractivity contribution is 5.83. The summed E-state index contributed by atoms with van der Waals surface area (Å²) >= 11 is 0. The van der Waals surface area contributed by atoms with Crippen LogP contribution in [0.25, 0.3) is 0 Å². The van der Waals surface area contributed by atoms with Gasteiger partial charge in [0.2, 0.25) is 0 Å². The number of rotatable bonds is 5. The van der Waals surface area contributed by atoms with Crippen LogP contribution in [-0.4, -0.2) is 38.7 Å². The van der Waals surface area contributed by atoms with Gasteiger partial charge in [-0.25, -0.2) is 4.79 Å². The second kappa shape index (κ2) is 7.51. The van der Waals surface area contributed by atoms with Crippen LogP contribution in [0.15, 0.2) is 5.16 Å². The summed E-state index contributed by atoms with van der Waals surface area (Å²) in [5.74, 6) is 0. The lowest BCUT2D eigenvalue weighted by molar-refractivity contribution is 0.0380. The molecule has 0 heterocycles. The van der Waals surface area contributed by atoms with Gasteiger partial charge in [-0.3, -0.25) is 4.84 Å². The number of nitrogens with zero attached hydrogens (tertiary/aromatic N) is 1. The summed E-state index contributed by atoms with van der Waals surface area (Å²) in [6.07, 6.45) is -0.857. The third kappa shape index (κ3) is 7.23. The van der Waals surface area contributed by atoms with Crippen LogP contribution in [0.3, 0.4) is 0 Å². The molecule has 0 fully saturated rings. The molecule has 0 aliphatic rings. The molecule has 0 atom stereocenters. The number of nitrogens with two attached hydrogens (primary N) is 1. The van der Waals surface area contributed by atoms with E-state index < -0.39 is 6.16 Å². The lowest BCUT2D eigenvalue weighted by Gasteiger charge is -2.00. The van der Waals surface area contributed by atoms with Crippen molar-refractivity contribution in [1.29, 1.82) is 0 Å². The van der Waals surface area contributed by atoms with Gasteiger partial charge in [0, 0.05) is 13.7 Å². The maximum absolute atomic E-state index is 10.7. The summed E-state index contributed by atoms with van der Waals surface area (Å²) in [4.78, 5) is 15.0. The Morgan fingerprint density at radius 1 is 1.46 bits per heavy atom. The van der Waals surface area contributed by atoms with Crippen molar-refractivity contribution in [3.05, 3.63) is 0 Å². The Morgan fingerprint density at radius 2 is 2.15 bits per heavy atom. The fourth-order valence-corrected chi connectivity index (χ4v) is 0.387. The molecule has 0 saturated heterocycles. The number of ether oxygens (including phenoxy) is 2. The molecule has 0 bridgehead atoms. The zero-order valence-electron chi connectivity index (χ0n) is 7.78. The lowest BCUT2D eigenvalue weighted by atomic mass is 10.4. The third-order valence-electron chi connectivity index (χ3n) is 1.08. The number of methoxy groups -OCH3 is 1. The molecule has 76 valence electrons. The van der Waals surface area contributed by atoms with E-state index in [1.54, 1.807) is 6.92 Å². The smallest absolute Gasteiger partial charge is 0.430 e. The molecule has 0 aromatic carbocycles. The summed E-state index contributed by atoms with van der Waals surface area (Å²) in [7, 11) is 1.51. The van der Waals surface area contributed by atoms with Crippen LogP contribution < -0.4 is 5.73 Å². The molecule has 0 aromatic rings. The van der Waals surface area contributed by atoms with Crippen LogP contribution in [0.4, 0.5) is 4.79 Å². The van der Waals surface area contributed by atoms with Crippen molar-refractivity contribution in [1.82, 2.24) is 0 Å². The molecular weight excluding hydrogens is 176 g/mol. The van der Waals surface area contributed by atoms with E-state index in [4.69, 9.17) is 5.73 Å². The molecule has 13 heavy (non-hydrogen) atoms. The largest absolute Gasteiger partial charge is 0.535 e. The molecule has 0 radical (unpaired) electrons. The molecule has 0 aromatic heterocycles. The van der Waals surface area contributed by atoms with E-state index in [0.29, 0.717) is 12.3 Å². The average Bonchev–Trinajstić information content (AvgIpc) is 2.14. The van der Waals surface area contributed by atoms with Gasteiger partial charge in [0.05, 0.1) is 12.3 Å². The van der Waals surface area contributed by atoms with Gasteiger partial charge in [-0.05, 0) is 6.92 Å². The molecule has 6 heteroatoms. The summed E-state index contributed by atoms with van der Waals surface area (Å²) in [5, 5.41) is 3.40. The molecular formula is C7H14N2O4. The van der Waals surface area contributed by atoms with Gasteiger partial charge in [0.1, 0.15) is 6.61 Å². The molecule has 0 rings (SSSR count). The number of hydrogen-bond donors (Lipinski definition) is 1. The SMILES string of the molecule is COCCOC(=O)O/N=C(\C)CN. The van der Waals surface area contributed by atoms with E-state index >= 15 is 0 Å². The van der Waals surface area contributed by atoms with Crippen molar-refractivity contribution in [3.63, 3.8) is 0 Å². The minimum Gasteiger partial charge on any atom is -0.430 e. The fraction of sp³-hybridized carbons (Fsp3) is 0.714. The highest BCUT2D eigenvalue weighted by atomic mass is 16.8. The van der Waals surface area contributed by atoms with Crippen LogP contribution in [0.2, 0.25) is 0 Å². The second-order valence-corrected chi connectivity index (χ2v) is 2.21. The van der Waals surface area contributed by atoms with Crippen LogP contribution in [-0.2, 0) is 14.3 Å². The Kier molecular flexibility index (Phi) is 6.85. The summed E-state index contributed by atoms with van der Waals surface area (Å²) in [6, 6.07) is 0. The van der Waals surface area contributed by atoms with Gasteiger partial charge >= 0.3 is 6.16 Å². The summed E-state index contributed by atoms with van der Waals surface area (Å²) in [5.41, 5.74) is 5.71.